The molecule has 1 aromatic heterocycles. The number of nitrogens with zero attached hydrogens (tertiary/aromatic N) is 2. The number of para-hydroxylation sites is 1. The average Bonchev–Trinajstić information content (AvgIpc) is 2.27. The molecule has 0 atom stereocenters. The van der Waals surface area contributed by atoms with Crippen LogP contribution in [0.15, 0.2) is 27.5 Å². The molecule has 2 aromatic rings. The summed E-state index contributed by atoms with van der Waals surface area (Å²) >= 11 is 3.42. The first-order valence-electron chi connectivity index (χ1n) is 4.76. The molecular weight excluding hydrogens is 268 g/mol. The summed E-state index contributed by atoms with van der Waals surface area (Å²) in [6.45, 7) is 1.80. The van der Waals surface area contributed by atoms with Gasteiger partial charge in [0.25, 0.3) is 5.56 Å². The second-order valence-corrected chi connectivity index (χ2v) is 4.47. The molecule has 0 N–H and O–H groups in total. The molecule has 0 aliphatic rings. The summed E-state index contributed by atoms with van der Waals surface area (Å²) in [6, 6.07) is 7.66. The zero-order chi connectivity index (χ0) is 11.9. The van der Waals surface area contributed by atoms with Gasteiger partial charge in [-0.3, -0.25) is 4.79 Å². The molecule has 0 fully saturated rings. The Balaban J connectivity index is 3.16. The number of nitriles is 1. The number of fused-ring (bicyclic) bond motifs is 1. The van der Waals surface area contributed by atoms with E-state index in [9.17, 15) is 4.79 Å². The van der Waals surface area contributed by atoms with Gasteiger partial charge in [-0.1, -0.05) is 12.1 Å². The molecule has 0 radical (unpaired) electrons. The van der Waals surface area contributed by atoms with Crippen LogP contribution in [-0.4, -0.2) is 4.57 Å². The predicted molar refractivity (Wildman–Crippen MR) is 66.3 cm³/mol. The predicted octanol–water partition coefficient (Wildman–Crippen LogP) is 2.48. The van der Waals surface area contributed by atoms with Gasteiger partial charge in [0.05, 0.1) is 5.52 Å². The molecular formula is C12H9BrN2O. The summed E-state index contributed by atoms with van der Waals surface area (Å²) in [5.41, 5.74) is 1.53. The minimum absolute atomic E-state index is 0.216. The standard InChI is InChI=1S/C12H9BrN2O/c1-7-8-4-3-5-10(13)11(8)15(2)12(16)9(7)6-14/h3-5H,1-2H3. The highest BCUT2D eigenvalue weighted by molar-refractivity contribution is 9.10. The number of halogens is 1. The Morgan fingerprint density at radius 2 is 2.12 bits per heavy atom. The van der Waals surface area contributed by atoms with Crippen molar-refractivity contribution >= 4 is 26.8 Å². The zero-order valence-electron chi connectivity index (χ0n) is 8.91. The Kier molecular flexibility index (Phi) is 2.56. The largest absolute Gasteiger partial charge is 0.309 e. The molecule has 0 saturated heterocycles. The lowest BCUT2D eigenvalue weighted by Gasteiger charge is -2.10. The Labute approximate surface area is 101 Å². The third-order valence-corrected chi connectivity index (χ3v) is 3.37. The van der Waals surface area contributed by atoms with Gasteiger partial charge < -0.3 is 4.57 Å². The van der Waals surface area contributed by atoms with E-state index in [0.717, 1.165) is 20.9 Å². The molecule has 1 aromatic carbocycles. The van der Waals surface area contributed by atoms with E-state index in [1.165, 1.54) is 4.57 Å². The van der Waals surface area contributed by atoms with E-state index in [4.69, 9.17) is 5.26 Å². The molecule has 2 rings (SSSR count). The first-order chi connectivity index (χ1) is 7.57. The highest BCUT2D eigenvalue weighted by atomic mass is 79.9. The van der Waals surface area contributed by atoms with Crippen LogP contribution in [0.1, 0.15) is 11.1 Å². The normalized spacial score (nSPS) is 10.4. The lowest BCUT2D eigenvalue weighted by Crippen LogP contribution is -2.21. The van der Waals surface area contributed by atoms with Crippen LogP contribution in [0.4, 0.5) is 0 Å². The third kappa shape index (κ3) is 1.36. The molecule has 0 bridgehead atoms. The fraction of sp³-hybridized carbons (Fsp3) is 0.167. The second-order valence-electron chi connectivity index (χ2n) is 3.61. The molecule has 0 amide bonds. The van der Waals surface area contributed by atoms with E-state index in [0.29, 0.717) is 0 Å². The first kappa shape index (κ1) is 10.9. The highest BCUT2D eigenvalue weighted by Crippen LogP contribution is 2.25. The fourth-order valence-corrected chi connectivity index (χ4v) is 2.49. The molecule has 4 heteroatoms. The molecule has 1 heterocycles. The van der Waals surface area contributed by atoms with Crippen molar-refractivity contribution in [2.45, 2.75) is 6.92 Å². The van der Waals surface area contributed by atoms with Crippen molar-refractivity contribution in [1.82, 2.24) is 4.57 Å². The Hall–Kier alpha value is -1.60. The van der Waals surface area contributed by atoms with Crippen LogP contribution in [0.3, 0.4) is 0 Å². The monoisotopic (exact) mass is 276 g/mol. The van der Waals surface area contributed by atoms with Crippen molar-refractivity contribution in [3.8, 4) is 6.07 Å². The summed E-state index contributed by atoms with van der Waals surface area (Å²) in [5, 5.41) is 9.90. The maximum absolute atomic E-state index is 11.9. The maximum atomic E-state index is 11.9. The Morgan fingerprint density at radius 1 is 1.44 bits per heavy atom. The van der Waals surface area contributed by atoms with Gasteiger partial charge in [0.15, 0.2) is 0 Å². The Bertz CT molecular complexity index is 680. The summed E-state index contributed by atoms with van der Waals surface area (Å²) in [5.74, 6) is 0. The van der Waals surface area contributed by atoms with Crippen molar-refractivity contribution in [2.75, 3.05) is 0 Å². The molecule has 0 saturated carbocycles. The van der Waals surface area contributed by atoms with Crippen LogP contribution in [0, 0.1) is 18.3 Å². The van der Waals surface area contributed by atoms with Gasteiger partial charge in [-0.05, 0) is 34.5 Å². The van der Waals surface area contributed by atoms with Gasteiger partial charge in [-0.25, -0.2) is 0 Å². The summed E-state index contributed by atoms with van der Waals surface area (Å²) < 4.78 is 2.36. The number of hydrogen-bond donors (Lipinski definition) is 0. The lowest BCUT2D eigenvalue weighted by atomic mass is 10.1. The van der Waals surface area contributed by atoms with E-state index in [1.807, 2.05) is 24.3 Å². The number of rotatable bonds is 0. The van der Waals surface area contributed by atoms with Crippen molar-refractivity contribution in [3.63, 3.8) is 0 Å². The van der Waals surface area contributed by atoms with Crippen molar-refractivity contribution in [2.24, 2.45) is 7.05 Å². The van der Waals surface area contributed by atoms with Crippen LogP contribution in [0.25, 0.3) is 10.9 Å². The van der Waals surface area contributed by atoms with Gasteiger partial charge >= 0.3 is 0 Å². The van der Waals surface area contributed by atoms with Gasteiger partial charge in [0.1, 0.15) is 11.6 Å². The summed E-state index contributed by atoms with van der Waals surface area (Å²) in [4.78, 5) is 11.9. The van der Waals surface area contributed by atoms with E-state index in [1.54, 1.807) is 14.0 Å². The smallest absolute Gasteiger partial charge is 0.269 e. The number of aromatic nitrogens is 1. The zero-order valence-corrected chi connectivity index (χ0v) is 10.5. The van der Waals surface area contributed by atoms with Crippen LogP contribution in [0.5, 0.6) is 0 Å². The van der Waals surface area contributed by atoms with Crippen LogP contribution < -0.4 is 5.56 Å². The molecule has 0 aliphatic carbocycles. The highest BCUT2D eigenvalue weighted by Gasteiger charge is 2.12. The van der Waals surface area contributed by atoms with Crippen molar-refractivity contribution < 1.29 is 0 Å². The quantitative estimate of drug-likeness (QED) is 0.742. The van der Waals surface area contributed by atoms with Crippen LogP contribution in [-0.2, 0) is 7.05 Å². The van der Waals surface area contributed by atoms with Gasteiger partial charge in [0.2, 0.25) is 0 Å². The summed E-state index contributed by atoms with van der Waals surface area (Å²) in [6.07, 6.45) is 0. The first-order valence-corrected chi connectivity index (χ1v) is 5.55. The average molecular weight is 277 g/mol. The van der Waals surface area contributed by atoms with Crippen molar-refractivity contribution in [1.29, 1.82) is 5.26 Å². The number of pyridine rings is 1. The van der Waals surface area contributed by atoms with Crippen molar-refractivity contribution in [3.05, 3.63) is 44.2 Å². The van der Waals surface area contributed by atoms with Gasteiger partial charge in [-0.15, -0.1) is 0 Å². The van der Waals surface area contributed by atoms with E-state index >= 15 is 0 Å². The number of aryl methyl sites for hydroxylation is 2. The molecule has 0 spiro atoms. The van der Waals surface area contributed by atoms with Crippen LogP contribution in [0.2, 0.25) is 0 Å². The molecule has 0 aliphatic heterocycles. The molecule has 0 unspecified atom stereocenters. The minimum atomic E-state index is -0.251. The lowest BCUT2D eigenvalue weighted by molar-refractivity contribution is 0.895. The molecule has 80 valence electrons. The summed E-state index contributed by atoms with van der Waals surface area (Å²) in [7, 11) is 1.68. The SMILES string of the molecule is Cc1c(C#N)c(=O)n(C)c2c(Br)cccc12. The number of benzene rings is 1. The topological polar surface area (TPSA) is 45.8 Å². The fourth-order valence-electron chi connectivity index (χ4n) is 1.85. The second kappa shape index (κ2) is 3.76. The Morgan fingerprint density at radius 3 is 2.75 bits per heavy atom. The minimum Gasteiger partial charge on any atom is -0.309 e. The van der Waals surface area contributed by atoms with Gasteiger partial charge in [0, 0.05) is 16.9 Å². The number of hydrogen-bond acceptors (Lipinski definition) is 2. The molecule has 3 nitrogen and oxygen atoms in total. The van der Waals surface area contributed by atoms with Crippen LogP contribution >= 0.6 is 15.9 Å². The molecule has 16 heavy (non-hydrogen) atoms. The third-order valence-electron chi connectivity index (χ3n) is 2.73. The van der Waals surface area contributed by atoms with Gasteiger partial charge in [-0.2, -0.15) is 5.26 Å². The maximum Gasteiger partial charge on any atom is 0.269 e. The van der Waals surface area contributed by atoms with E-state index in [-0.39, 0.29) is 11.1 Å². The van der Waals surface area contributed by atoms with E-state index < -0.39 is 0 Å². The van der Waals surface area contributed by atoms with E-state index in [2.05, 4.69) is 15.9 Å².